The highest BCUT2D eigenvalue weighted by molar-refractivity contribution is 6.31. The molecule has 2 aromatic rings. The Morgan fingerprint density at radius 1 is 1.04 bits per heavy atom. The number of amides is 2. The molecule has 0 saturated heterocycles. The van der Waals surface area contributed by atoms with Gasteiger partial charge in [-0.05, 0) is 30.3 Å². The summed E-state index contributed by atoms with van der Waals surface area (Å²) < 4.78 is 15.9. The van der Waals surface area contributed by atoms with Gasteiger partial charge in [0.15, 0.2) is 11.5 Å². The minimum absolute atomic E-state index is 0.306. The lowest BCUT2D eigenvalue weighted by atomic mass is 10.3. The summed E-state index contributed by atoms with van der Waals surface area (Å²) in [7, 11) is 3.10. The van der Waals surface area contributed by atoms with Crippen molar-refractivity contribution in [2.75, 3.05) is 32.7 Å². The normalized spacial score (nSPS) is 9.96. The number of hydrogen-bond donors (Lipinski definition) is 2. The van der Waals surface area contributed by atoms with Gasteiger partial charge in [0.05, 0.1) is 26.5 Å². The Morgan fingerprint density at radius 2 is 1.75 bits per heavy atom. The van der Waals surface area contributed by atoms with Crippen LogP contribution in [0.25, 0.3) is 0 Å². The molecule has 2 aromatic carbocycles. The molecule has 0 bridgehead atoms. The fourth-order valence-corrected chi connectivity index (χ4v) is 2.18. The summed E-state index contributed by atoms with van der Waals surface area (Å²) in [6.45, 7) is 0.632. The summed E-state index contributed by atoms with van der Waals surface area (Å²) >= 11 is 5.92. The van der Waals surface area contributed by atoms with Gasteiger partial charge in [-0.25, -0.2) is 4.79 Å². The van der Waals surface area contributed by atoms with Gasteiger partial charge in [-0.1, -0.05) is 23.7 Å². The standard InChI is InChI=1S/C17H19ClN2O4/c1-22-14-8-7-12(18)11-13(14)20-17(21)19-9-10-24-16-6-4-3-5-15(16)23-2/h3-8,11H,9-10H2,1-2H3,(H2,19,20,21). The number of carbonyl (C=O) groups excluding carboxylic acids is 1. The maximum atomic E-state index is 11.9. The van der Waals surface area contributed by atoms with Crippen molar-refractivity contribution in [2.24, 2.45) is 0 Å². The molecule has 128 valence electrons. The van der Waals surface area contributed by atoms with Crippen molar-refractivity contribution in [2.45, 2.75) is 0 Å². The van der Waals surface area contributed by atoms with Gasteiger partial charge in [-0.3, -0.25) is 0 Å². The molecular weight excluding hydrogens is 332 g/mol. The van der Waals surface area contributed by atoms with Crippen LogP contribution >= 0.6 is 11.6 Å². The number of methoxy groups -OCH3 is 2. The minimum Gasteiger partial charge on any atom is -0.495 e. The molecule has 0 aliphatic rings. The second-order valence-electron chi connectivity index (χ2n) is 4.72. The molecular formula is C17H19ClN2O4. The van der Waals surface area contributed by atoms with Crippen LogP contribution in [0, 0.1) is 0 Å². The third kappa shape index (κ3) is 4.96. The molecule has 2 rings (SSSR count). The number of halogens is 1. The zero-order valence-electron chi connectivity index (χ0n) is 13.5. The zero-order valence-corrected chi connectivity index (χ0v) is 14.2. The van der Waals surface area contributed by atoms with E-state index in [1.165, 1.54) is 7.11 Å². The van der Waals surface area contributed by atoms with Crippen LogP contribution in [0.3, 0.4) is 0 Å². The topological polar surface area (TPSA) is 68.8 Å². The summed E-state index contributed by atoms with van der Waals surface area (Å²) in [6.07, 6.45) is 0. The minimum atomic E-state index is -0.376. The summed E-state index contributed by atoms with van der Waals surface area (Å²) in [6, 6.07) is 11.9. The molecule has 0 atom stereocenters. The Balaban J connectivity index is 1.81. The number of nitrogens with one attached hydrogen (secondary N) is 2. The molecule has 0 fully saturated rings. The van der Waals surface area contributed by atoms with E-state index in [2.05, 4.69) is 10.6 Å². The molecule has 0 aliphatic heterocycles. The first kappa shape index (κ1) is 17.7. The van der Waals surface area contributed by atoms with Gasteiger partial charge in [0.1, 0.15) is 12.4 Å². The van der Waals surface area contributed by atoms with Gasteiger partial charge in [0, 0.05) is 5.02 Å². The van der Waals surface area contributed by atoms with Crippen LogP contribution in [0.5, 0.6) is 17.2 Å². The van der Waals surface area contributed by atoms with Gasteiger partial charge >= 0.3 is 6.03 Å². The van der Waals surface area contributed by atoms with Gasteiger partial charge in [0.2, 0.25) is 0 Å². The lowest BCUT2D eigenvalue weighted by Gasteiger charge is -2.13. The van der Waals surface area contributed by atoms with Crippen molar-refractivity contribution in [1.29, 1.82) is 0 Å². The van der Waals surface area contributed by atoms with E-state index in [-0.39, 0.29) is 6.03 Å². The maximum absolute atomic E-state index is 11.9. The fraction of sp³-hybridized carbons (Fsp3) is 0.235. The Morgan fingerprint density at radius 3 is 2.46 bits per heavy atom. The lowest BCUT2D eigenvalue weighted by Crippen LogP contribution is -2.32. The van der Waals surface area contributed by atoms with Crippen LogP contribution in [-0.2, 0) is 0 Å². The summed E-state index contributed by atoms with van der Waals surface area (Å²) in [5, 5.41) is 5.88. The van der Waals surface area contributed by atoms with Crippen LogP contribution in [0.4, 0.5) is 10.5 Å². The lowest BCUT2D eigenvalue weighted by molar-refractivity contribution is 0.246. The molecule has 0 unspecified atom stereocenters. The van der Waals surface area contributed by atoms with E-state index in [4.69, 9.17) is 25.8 Å². The Labute approximate surface area is 145 Å². The van der Waals surface area contributed by atoms with Gasteiger partial charge in [0.25, 0.3) is 0 Å². The highest BCUT2D eigenvalue weighted by atomic mass is 35.5. The quantitative estimate of drug-likeness (QED) is 0.749. The smallest absolute Gasteiger partial charge is 0.319 e. The number of anilines is 1. The average molecular weight is 351 g/mol. The van der Waals surface area contributed by atoms with Crippen molar-refractivity contribution in [3.8, 4) is 17.2 Å². The molecule has 7 heteroatoms. The van der Waals surface area contributed by atoms with Crippen molar-refractivity contribution >= 4 is 23.3 Å². The first-order valence-electron chi connectivity index (χ1n) is 7.28. The van der Waals surface area contributed by atoms with Crippen molar-refractivity contribution in [3.05, 3.63) is 47.5 Å². The molecule has 0 spiro atoms. The van der Waals surface area contributed by atoms with Crippen molar-refractivity contribution < 1.29 is 19.0 Å². The molecule has 0 radical (unpaired) electrons. The maximum Gasteiger partial charge on any atom is 0.319 e. The molecule has 2 N–H and O–H groups in total. The highest BCUT2D eigenvalue weighted by Crippen LogP contribution is 2.27. The second kappa shape index (κ2) is 8.88. The van der Waals surface area contributed by atoms with E-state index in [0.717, 1.165) is 0 Å². The first-order valence-corrected chi connectivity index (χ1v) is 7.66. The van der Waals surface area contributed by atoms with E-state index in [1.54, 1.807) is 37.4 Å². The van der Waals surface area contributed by atoms with Crippen LogP contribution in [-0.4, -0.2) is 33.4 Å². The third-order valence-electron chi connectivity index (χ3n) is 3.12. The summed E-state index contributed by atoms with van der Waals surface area (Å²) in [5.74, 6) is 1.80. The van der Waals surface area contributed by atoms with Gasteiger partial charge in [-0.2, -0.15) is 0 Å². The zero-order chi connectivity index (χ0) is 17.4. The van der Waals surface area contributed by atoms with E-state index in [1.807, 2.05) is 12.1 Å². The number of para-hydroxylation sites is 2. The third-order valence-corrected chi connectivity index (χ3v) is 3.36. The monoisotopic (exact) mass is 350 g/mol. The molecule has 0 saturated carbocycles. The van der Waals surface area contributed by atoms with Crippen LogP contribution in [0.2, 0.25) is 5.02 Å². The fourth-order valence-electron chi connectivity index (χ4n) is 2.01. The number of carbonyl (C=O) groups is 1. The Kier molecular flexibility index (Phi) is 6.57. The molecule has 24 heavy (non-hydrogen) atoms. The van der Waals surface area contributed by atoms with Crippen LogP contribution < -0.4 is 24.8 Å². The number of urea groups is 1. The summed E-state index contributed by atoms with van der Waals surface area (Å²) in [4.78, 5) is 11.9. The summed E-state index contributed by atoms with van der Waals surface area (Å²) in [5.41, 5.74) is 0.494. The van der Waals surface area contributed by atoms with E-state index < -0.39 is 0 Å². The van der Waals surface area contributed by atoms with Crippen LogP contribution in [0.15, 0.2) is 42.5 Å². The molecule has 0 aromatic heterocycles. The number of ether oxygens (including phenoxy) is 3. The Bertz CT molecular complexity index is 694. The predicted octanol–water partition coefficient (Wildman–Crippen LogP) is 3.56. The largest absolute Gasteiger partial charge is 0.495 e. The molecule has 6 nitrogen and oxygen atoms in total. The van der Waals surface area contributed by atoms with Gasteiger partial charge in [-0.15, -0.1) is 0 Å². The molecule has 0 aliphatic carbocycles. The van der Waals surface area contributed by atoms with E-state index in [0.29, 0.717) is 41.1 Å². The average Bonchev–Trinajstić information content (AvgIpc) is 2.59. The predicted molar refractivity (Wildman–Crippen MR) is 93.5 cm³/mol. The second-order valence-corrected chi connectivity index (χ2v) is 5.16. The van der Waals surface area contributed by atoms with Crippen molar-refractivity contribution in [3.63, 3.8) is 0 Å². The Hall–Kier alpha value is -2.60. The highest BCUT2D eigenvalue weighted by Gasteiger charge is 2.08. The number of benzene rings is 2. The van der Waals surface area contributed by atoms with Gasteiger partial charge < -0.3 is 24.8 Å². The van der Waals surface area contributed by atoms with Crippen LogP contribution in [0.1, 0.15) is 0 Å². The van der Waals surface area contributed by atoms with Crippen molar-refractivity contribution in [1.82, 2.24) is 5.32 Å². The first-order chi connectivity index (χ1) is 11.6. The number of hydrogen-bond acceptors (Lipinski definition) is 4. The van der Waals surface area contributed by atoms with E-state index in [9.17, 15) is 4.79 Å². The van der Waals surface area contributed by atoms with E-state index >= 15 is 0 Å². The molecule has 2 amide bonds. The number of rotatable bonds is 7. The SMILES string of the molecule is COc1ccc(Cl)cc1NC(=O)NCCOc1ccccc1OC. The molecule has 0 heterocycles.